The Morgan fingerprint density at radius 2 is 1.76 bits per heavy atom. The molecule has 4 rings (SSSR count). The van der Waals surface area contributed by atoms with E-state index in [2.05, 4.69) is 4.90 Å². The summed E-state index contributed by atoms with van der Waals surface area (Å²) >= 11 is 0. The molecular weight excluding hydrogens is 214 g/mol. The van der Waals surface area contributed by atoms with Gasteiger partial charge in [-0.2, -0.15) is 0 Å². The fourth-order valence-corrected chi connectivity index (χ4v) is 5.31. The van der Waals surface area contributed by atoms with Gasteiger partial charge < -0.3 is 10.2 Å². The first-order chi connectivity index (χ1) is 8.25. The predicted octanol–water partition coefficient (Wildman–Crippen LogP) is 0.991. The van der Waals surface area contributed by atoms with Crippen LogP contribution in [-0.4, -0.2) is 45.9 Å². The molecule has 0 radical (unpaired) electrons. The molecule has 0 amide bonds. The molecule has 5 unspecified atom stereocenters. The molecule has 0 aromatic rings. The third-order valence-corrected chi connectivity index (χ3v) is 6.01. The van der Waals surface area contributed by atoms with Crippen LogP contribution >= 0.6 is 0 Å². The Labute approximate surface area is 103 Å². The summed E-state index contributed by atoms with van der Waals surface area (Å²) in [5.41, 5.74) is 0. The first-order valence-electron chi connectivity index (χ1n) is 7.37. The Morgan fingerprint density at radius 1 is 0.941 bits per heavy atom. The summed E-state index contributed by atoms with van der Waals surface area (Å²) in [4.78, 5) is 2.50. The number of fused-ring (bicyclic) bond motifs is 1. The maximum Gasteiger partial charge on any atom is 0.0726 e. The van der Waals surface area contributed by atoms with Gasteiger partial charge in [0.15, 0.2) is 0 Å². The van der Waals surface area contributed by atoms with Crippen molar-refractivity contribution >= 4 is 0 Å². The topological polar surface area (TPSA) is 43.7 Å². The Balaban J connectivity index is 1.59. The highest BCUT2D eigenvalue weighted by Gasteiger charge is 2.60. The summed E-state index contributed by atoms with van der Waals surface area (Å²) in [5.74, 6) is 2.13. The smallest absolute Gasteiger partial charge is 0.0726 e. The lowest BCUT2D eigenvalue weighted by Crippen LogP contribution is -2.51. The van der Waals surface area contributed by atoms with E-state index in [1.165, 1.54) is 25.7 Å². The third kappa shape index (κ3) is 1.39. The Morgan fingerprint density at radius 3 is 2.53 bits per heavy atom. The molecule has 0 spiro atoms. The zero-order valence-corrected chi connectivity index (χ0v) is 10.3. The average molecular weight is 237 g/mol. The van der Waals surface area contributed by atoms with Gasteiger partial charge in [-0.05, 0) is 43.4 Å². The number of rotatable bonds is 1. The lowest BCUT2D eigenvalue weighted by atomic mass is 9.87. The van der Waals surface area contributed by atoms with Gasteiger partial charge in [0.1, 0.15) is 0 Å². The van der Waals surface area contributed by atoms with Crippen LogP contribution in [-0.2, 0) is 0 Å². The highest BCUT2D eigenvalue weighted by Crippen LogP contribution is 2.56. The monoisotopic (exact) mass is 237 g/mol. The van der Waals surface area contributed by atoms with E-state index in [1.54, 1.807) is 0 Å². The van der Waals surface area contributed by atoms with E-state index in [0.717, 1.165) is 31.2 Å². The Bertz CT molecular complexity index is 319. The number of hydrogen-bond donors (Lipinski definition) is 2. The average Bonchev–Trinajstić information content (AvgIpc) is 2.90. The van der Waals surface area contributed by atoms with Gasteiger partial charge in [-0.15, -0.1) is 0 Å². The van der Waals surface area contributed by atoms with Crippen LogP contribution in [0.2, 0.25) is 0 Å². The highest BCUT2D eigenvalue weighted by atomic mass is 16.3. The van der Waals surface area contributed by atoms with Crippen LogP contribution in [0.1, 0.15) is 38.5 Å². The molecule has 3 saturated carbocycles. The van der Waals surface area contributed by atoms with Crippen LogP contribution in [0.3, 0.4) is 0 Å². The second-order valence-corrected chi connectivity index (χ2v) is 6.75. The van der Waals surface area contributed by atoms with Gasteiger partial charge in [-0.3, -0.25) is 4.90 Å². The molecule has 17 heavy (non-hydrogen) atoms. The van der Waals surface area contributed by atoms with E-state index >= 15 is 0 Å². The summed E-state index contributed by atoms with van der Waals surface area (Å²) < 4.78 is 0. The second kappa shape index (κ2) is 3.69. The van der Waals surface area contributed by atoms with Gasteiger partial charge in [-0.1, -0.05) is 12.8 Å². The number of aliphatic hydroxyl groups excluding tert-OH is 2. The molecular formula is C14H23NO2. The van der Waals surface area contributed by atoms with Crippen molar-refractivity contribution in [1.82, 2.24) is 4.90 Å². The standard InChI is InChI=1S/C14H23NO2/c16-12-4-2-1-3-11(12)15-7-9-5-8-6-10(9)13(15)14(8)17/h8-14,16-17H,1-7H2/t8?,9?,10?,11-,12-,13?,14?/m0/s1. The molecule has 96 valence electrons. The lowest BCUT2D eigenvalue weighted by Gasteiger charge is -2.39. The fourth-order valence-electron chi connectivity index (χ4n) is 5.31. The van der Waals surface area contributed by atoms with Gasteiger partial charge >= 0.3 is 0 Å². The van der Waals surface area contributed by atoms with Gasteiger partial charge in [0, 0.05) is 18.6 Å². The van der Waals surface area contributed by atoms with E-state index < -0.39 is 0 Å². The SMILES string of the molecule is OC1C2CC3CN([C@H]4CCCC[C@@H]4O)C1C3C2. The van der Waals surface area contributed by atoms with Crippen LogP contribution in [0.4, 0.5) is 0 Å². The Hall–Kier alpha value is -0.120. The van der Waals surface area contributed by atoms with Crippen molar-refractivity contribution in [2.75, 3.05) is 6.54 Å². The van der Waals surface area contributed by atoms with E-state index in [0.29, 0.717) is 18.0 Å². The van der Waals surface area contributed by atoms with Crippen LogP contribution in [0.15, 0.2) is 0 Å². The zero-order valence-electron chi connectivity index (χ0n) is 10.3. The minimum Gasteiger partial charge on any atom is -0.391 e. The first kappa shape index (κ1) is 10.8. The minimum absolute atomic E-state index is 0.104. The molecule has 2 N–H and O–H groups in total. The number of hydrogen-bond acceptors (Lipinski definition) is 3. The minimum atomic E-state index is -0.146. The summed E-state index contributed by atoms with van der Waals surface area (Å²) in [5, 5.41) is 20.6. The molecule has 3 nitrogen and oxygen atoms in total. The maximum absolute atomic E-state index is 10.4. The van der Waals surface area contributed by atoms with Crippen molar-refractivity contribution in [1.29, 1.82) is 0 Å². The predicted molar refractivity (Wildman–Crippen MR) is 64.5 cm³/mol. The largest absolute Gasteiger partial charge is 0.391 e. The molecule has 1 heterocycles. The van der Waals surface area contributed by atoms with Crippen LogP contribution in [0, 0.1) is 17.8 Å². The van der Waals surface area contributed by atoms with Gasteiger partial charge in [0.05, 0.1) is 12.2 Å². The molecule has 1 aliphatic heterocycles. The molecule has 4 fully saturated rings. The molecule has 3 heteroatoms. The van der Waals surface area contributed by atoms with Gasteiger partial charge in [-0.25, -0.2) is 0 Å². The molecule has 3 aliphatic carbocycles. The molecule has 1 saturated heterocycles. The number of likely N-dealkylation sites (tertiary alicyclic amines) is 1. The number of nitrogens with zero attached hydrogens (tertiary/aromatic N) is 1. The summed E-state index contributed by atoms with van der Waals surface area (Å²) in [6.45, 7) is 1.14. The van der Waals surface area contributed by atoms with E-state index in [9.17, 15) is 10.2 Å². The van der Waals surface area contributed by atoms with Crippen LogP contribution in [0.5, 0.6) is 0 Å². The summed E-state index contributed by atoms with van der Waals surface area (Å²) in [6, 6.07) is 0.726. The van der Waals surface area contributed by atoms with Crippen molar-refractivity contribution in [2.24, 2.45) is 17.8 Å². The highest BCUT2D eigenvalue weighted by molar-refractivity contribution is 5.12. The Kier molecular flexibility index (Phi) is 2.34. The zero-order chi connectivity index (χ0) is 11.6. The second-order valence-electron chi connectivity index (χ2n) is 6.75. The molecule has 0 aromatic carbocycles. The van der Waals surface area contributed by atoms with Crippen molar-refractivity contribution in [3.05, 3.63) is 0 Å². The van der Waals surface area contributed by atoms with E-state index in [4.69, 9.17) is 0 Å². The molecule has 7 atom stereocenters. The van der Waals surface area contributed by atoms with Crippen molar-refractivity contribution in [3.63, 3.8) is 0 Å². The maximum atomic E-state index is 10.4. The van der Waals surface area contributed by atoms with Crippen LogP contribution < -0.4 is 0 Å². The van der Waals surface area contributed by atoms with Crippen molar-refractivity contribution < 1.29 is 10.2 Å². The van der Waals surface area contributed by atoms with Gasteiger partial charge in [0.25, 0.3) is 0 Å². The third-order valence-electron chi connectivity index (χ3n) is 6.01. The molecule has 0 aromatic heterocycles. The summed E-state index contributed by atoms with van der Waals surface area (Å²) in [7, 11) is 0. The molecule has 2 bridgehead atoms. The molecule has 4 aliphatic rings. The van der Waals surface area contributed by atoms with Gasteiger partial charge in [0.2, 0.25) is 0 Å². The van der Waals surface area contributed by atoms with Crippen molar-refractivity contribution in [3.8, 4) is 0 Å². The first-order valence-corrected chi connectivity index (χ1v) is 7.37. The van der Waals surface area contributed by atoms with E-state index in [1.807, 2.05) is 0 Å². The lowest BCUT2D eigenvalue weighted by molar-refractivity contribution is -0.0213. The van der Waals surface area contributed by atoms with Crippen LogP contribution in [0.25, 0.3) is 0 Å². The fraction of sp³-hybridized carbons (Fsp3) is 1.00. The van der Waals surface area contributed by atoms with Crippen molar-refractivity contribution in [2.45, 2.75) is 62.8 Å². The summed E-state index contributed by atoms with van der Waals surface area (Å²) in [6.07, 6.45) is 6.75. The number of aliphatic hydroxyl groups is 2. The van der Waals surface area contributed by atoms with E-state index in [-0.39, 0.29) is 12.2 Å². The quantitative estimate of drug-likeness (QED) is 0.715. The normalized spacial score (nSPS) is 57.9.